The smallest absolute Gasteiger partial charge is 0.227 e. The number of imidazole rings is 1. The molecule has 0 bridgehead atoms. The third kappa shape index (κ3) is 4.91. The van der Waals surface area contributed by atoms with Gasteiger partial charge in [-0.15, -0.1) is 0 Å². The van der Waals surface area contributed by atoms with Crippen LogP contribution in [0.3, 0.4) is 0 Å². The van der Waals surface area contributed by atoms with Crippen molar-refractivity contribution >= 4 is 40.2 Å². The second kappa shape index (κ2) is 9.92. The van der Waals surface area contributed by atoms with E-state index in [1.807, 2.05) is 12.4 Å². The van der Waals surface area contributed by atoms with Gasteiger partial charge < -0.3 is 26.0 Å². The van der Waals surface area contributed by atoms with E-state index in [4.69, 9.17) is 27.3 Å². The fourth-order valence-electron chi connectivity index (χ4n) is 4.23. The number of hydrogen-bond acceptors (Lipinski definition) is 7. The van der Waals surface area contributed by atoms with Crippen molar-refractivity contribution in [3.8, 4) is 0 Å². The van der Waals surface area contributed by atoms with E-state index in [1.165, 1.54) is 19.3 Å². The summed E-state index contributed by atoms with van der Waals surface area (Å²) < 4.78 is 2.18. The molecule has 1 saturated carbocycles. The zero-order chi connectivity index (χ0) is 22.7. The minimum atomic E-state index is -0.144. The number of hydrogen-bond donors (Lipinski definition) is 4. The highest BCUT2D eigenvalue weighted by Crippen LogP contribution is 2.32. The molecule has 0 amide bonds. The van der Waals surface area contributed by atoms with Crippen LogP contribution >= 0.6 is 11.6 Å². The van der Waals surface area contributed by atoms with Gasteiger partial charge in [-0.25, -0.2) is 4.98 Å². The van der Waals surface area contributed by atoms with E-state index in [9.17, 15) is 5.11 Å². The molecule has 1 aromatic carbocycles. The number of nitrogens with two attached hydrogens (primary N) is 1. The molecule has 9 heteroatoms. The molecule has 8 nitrogen and oxygen atoms in total. The molecule has 2 heterocycles. The Morgan fingerprint density at radius 2 is 2.00 bits per heavy atom. The van der Waals surface area contributed by atoms with Gasteiger partial charge in [0.2, 0.25) is 5.95 Å². The number of anilines is 3. The second-order valence-electron chi connectivity index (χ2n) is 8.89. The maximum absolute atomic E-state index is 9.79. The Hall–Kier alpha value is -2.58. The minimum absolute atomic E-state index is 0.00274. The van der Waals surface area contributed by atoms with Crippen molar-refractivity contribution in [1.29, 1.82) is 0 Å². The Kier molecular flexibility index (Phi) is 7.01. The van der Waals surface area contributed by atoms with Gasteiger partial charge in [-0.05, 0) is 42.5 Å². The molecule has 0 spiro atoms. The lowest BCUT2D eigenvalue weighted by molar-refractivity contribution is 0.248. The van der Waals surface area contributed by atoms with E-state index >= 15 is 0 Å². The van der Waals surface area contributed by atoms with Crippen molar-refractivity contribution in [3.05, 3.63) is 35.1 Å². The molecule has 4 rings (SSSR count). The van der Waals surface area contributed by atoms with Crippen molar-refractivity contribution in [1.82, 2.24) is 19.5 Å². The largest absolute Gasteiger partial charge is 0.398 e. The zero-order valence-electron chi connectivity index (χ0n) is 18.7. The third-order valence-electron chi connectivity index (χ3n) is 6.26. The summed E-state index contributed by atoms with van der Waals surface area (Å²) in [6.07, 6.45) is 7.87. The van der Waals surface area contributed by atoms with Gasteiger partial charge in [0, 0.05) is 23.3 Å². The molecular formula is C23H32ClN7O. The molecule has 3 aromatic rings. The molecule has 1 fully saturated rings. The Morgan fingerprint density at radius 1 is 1.22 bits per heavy atom. The normalized spacial score (nSPS) is 15.9. The van der Waals surface area contributed by atoms with Crippen LogP contribution in [0.1, 0.15) is 57.6 Å². The summed E-state index contributed by atoms with van der Waals surface area (Å²) in [4.78, 5) is 14.2. The van der Waals surface area contributed by atoms with E-state index in [2.05, 4.69) is 34.0 Å². The van der Waals surface area contributed by atoms with Crippen LogP contribution in [0.5, 0.6) is 0 Å². The Morgan fingerprint density at radius 3 is 2.72 bits per heavy atom. The molecule has 1 aliphatic carbocycles. The number of rotatable bonds is 8. The molecule has 1 aliphatic rings. The molecule has 1 unspecified atom stereocenters. The average Bonchev–Trinajstić information content (AvgIpc) is 3.22. The quantitative estimate of drug-likeness (QED) is 0.365. The number of benzene rings is 1. The number of aliphatic hydroxyl groups is 1. The molecule has 5 N–H and O–H groups in total. The molecule has 0 radical (unpaired) electrons. The standard InChI is InChI=1S/C23H32ClN7O/c1-14(2)19(12-32)28-23-29-21(26-11-15-10-16(24)8-9-18(15)25)20-22(30-23)31(13-27-20)17-6-4-3-5-7-17/h8-10,13-14,17,19,32H,3-7,11-12,25H2,1-2H3,(H2,26,28,29,30). The van der Waals surface area contributed by atoms with Crippen molar-refractivity contribution in [2.24, 2.45) is 5.92 Å². The van der Waals surface area contributed by atoms with Crippen LogP contribution in [-0.4, -0.2) is 37.3 Å². The van der Waals surface area contributed by atoms with Crippen molar-refractivity contribution in [2.75, 3.05) is 23.0 Å². The number of halogens is 1. The van der Waals surface area contributed by atoms with E-state index < -0.39 is 0 Å². The van der Waals surface area contributed by atoms with Crippen LogP contribution in [-0.2, 0) is 6.54 Å². The molecule has 2 aromatic heterocycles. The topological polar surface area (TPSA) is 114 Å². The molecule has 0 aliphatic heterocycles. The van der Waals surface area contributed by atoms with Crippen LogP contribution in [0.15, 0.2) is 24.5 Å². The number of nitrogens with one attached hydrogen (secondary N) is 2. The maximum atomic E-state index is 9.79. The predicted octanol–water partition coefficient (Wildman–Crippen LogP) is 4.61. The highest BCUT2D eigenvalue weighted by Gasteiger charge is 2.22. The predicted molar refractivity (Wildman–Crippen MR) is 130 cm³/mol. The van der Waals surface area contributed by atoms with Crippen LogP contribution in [0.4, 0.5) is 17.5 Å². The lowest BCUT2D eigenvalue weighted by Gasteiger charge is -2.24. The van der Waals surface area contributed by atoms with Crippen molar-refractivity contribution in [2.45, 2.75) is 64.6 Å². The SMILES string of the molecule is CC(C)C(CO)Nc1nc(NCc2cc(Cl)ccc2N)c2ncn(C3CCCCC3)c2n1. The summed E-state index contributed by atoms with van der Waals surface area (Å²) in [5.74, 6) is 1.33. The number of nitrogens with zero attached hydrogens (tertiary/aromatic N) is 4. The first-order valence-electron chi connectivity index (χ1n) is 11.4. The Balaban J connectivity index is 1.70. The third-order valence-corrected chi connectivity index (χ3v) is 6.49. The van der Waals surface area contributed by atoms with Crippen LogP contribution < -0.4 is 16.4 Å². The van der Waals surface area contributed by atoms with E-state index in [0.717, 1.165) is 29.6 Å². The van der Waals surface area contributed by atoms with Gasteiger partial charge in [0.15, 0.2) is 17.0 Å². The van der Waals surface area contributed by atoms with Crippen LogP contribution in [0.25, 0.3) is 11.2 Å². The molecular weight excluding hydrogens is 426 g/mol. The fraction of sp³-hybridized carbons (Fsp3) is 0.522. The molecule has 172 valence electrons. The monoisotopic (exact) mass is 457 g/mol. The number of fused-ring (bicyclic) bond motifs is 1. The summed E-state index contributed by atoms with van der Waals surface area (Å²) in [5.41, 5.74) is 9.21. The summed E-state index contributed by atoms with van der Waals surface area (Å²) in [6.45, 7) is 4.57. The summed E-state index contributed by atoms with van der Waals surface area (Å²) in [6, 6.07) is 5.68. The van der Waals surface area contributed by atoms with Gasteiger partial charge >= 0.3 is 0 Å². The lowest BCUT2D eigenvalue weighted by Crippen LogP contribution is -2.30. The molecule has 0 saturated heterocycles. The van der Waals surface area contributed by atoms with Crippen LogP contribution in [0, 0.1) is 5.92 Å². The minimum Gasteiger partial charge on any atom is -0.398 e. The number of nitrogen functional groups attached to an aromatic ring is 1. The van der Waals surface area contributed by atoms with E-state index in [0.29, 0.717) is 35.1 Å². The molecule has 32 heavy (non-hydrogen) atoms. The highest BCUT2D eigenvalue weighted by molar-refractivity contribution is 6.30. The Bertz CT molecular complexity index is 1060. The molecule has 1 atom stereocenters. The number of aromatic nitrogens is 4. The first-order valence-corrected chi connectivity index (χ1v) is 11.7. The second-order valence-corrected chi connectivity index (χ2v) is 9.32. The van der Waals surface area contributed by atoms with Gasteiger partial charge in [-0.1, -0.05) is 44.7 Å². The van der Waals surface area contributed by atoms with Crippen molar-refractivity contribution in [3.63, 3.8) is 0 Å². The summed E-state index contributed by atoms with van der Waals surface area (Å²) in [7, 11) is 0. The lowest BCUT2D eigenvalue weighted by atomic mass is 9.95. The Labute approximate surface area is 193 Å². The fourth-order valence-corrected chi connectivity index (χ4v) is 4.42. The summed E-state index contributed by atoms with van der Waals surface area (Å²) in [5, 5.41) is 17.1. The van der Waals surface area contributed by atoms with Crippen molar-refractivity contribution < 1.29 is 5.11 Å². The first-order chi connectivity index (χ1) is 15.5. The highest BCUT2D eigenvalue weighted by atomic mass is 35.5. The van der Waals surface area contributed by atoms with Crippen LogP contribution in [0.2, 0.25) is 5.02 Å². The zero-order valence-corrected chi connectivity index (χ0v) is 19.4. The van der Waals surface area contributed by atoms with Gasteiger partial charge in [0.1, 0.15) is 0 Å². The van der Waals surface area contributed by atoms with Gasteiger partial charge in [0.05, 0.1) is 19.0 Å². The first kappa shape index (κ1) is 22.6. The maximum Gasteiger partial charge on any atom is 0.227 e. The van der Waals surface area contributed by atoms with Gasteiger partial charge in [-0.2, -0.15) is 9.97 Å². The summed E-state index contributed by atoms with van der Waals surface area (Å²) >= 11 is 6.15. The average molecular weight is 458 g/mol. The van der Waals surface area contributed by atoms with E-state index in [1.54, 1.807) is 12.1 Å². The number of aliphatic hydroxyl groups excluding tert-OH is 1. The van der Waals surface area contributed by atoms with Gasteiger partial charge in [0.25, 0.3) is 0 Å². The van der Waals surface area contributed by atoms with Gasteiger partial charge in [-0.3, -0.25) is 0 Å². The van der Waals surface area contributed by atoms with E-state index in [-0.39, 0.29) is 18.6 Å².